The van der Waals surface area contributed by atoms with Gasteiger partial charge in [0.15, 0.2) is 11.5 Å². The van der Waals surface area contributed by atoms with E-state index in [-0.39, 0.29) is 0 Å². The number of methoxy groups -OCH3 is 4. The molecule has 2 aromatic carbocycles. The van der Waals surface area contributed by atoms with Crippen LogP contribution in [0.1, 0.15) is 12.5 Å². The van der Waals surface area contributed by atoms with E-state index < -0.39 is 0 Å². The van der Waals surface area contributed by atoms with Crippen LogP contribution in [0.15, 0.2) is 41.1 Å². The van der Waals surface area contributed by atoms with Crippen molar-refractivity contribution in [3.05, 3.63) is 42.2 Å². The predicted molar refractivity (Wildman–Crippen MR) is 103 cm³/mol. The Hall–Kier alpha value is -3.15. The Morgan fingerprint density at radius 1 is 0.815 bits per heavy atom. The van der Waals surface area contributed by atoms with Gasteiger partial charge in [-0.25, -0.2) is 0 Å². The molecule has 1 aromatic heterocycles. The van der Waals surface area contributed by atoms with Gasteiger partial charge in [0.05, 0.1) is 34.0 Å². The highest BCUT2D eigenvalue weighted by atomic mass is 16.5. The summed E-state index contributed by atoms with van der Waals surface area (Å²) in [5.41, 5.74) is 4.43. The zero-order valence-corrected chi connectivity index (χ0v) is 16.2. The third kappa shape index (κ3) is 3.30. The monoisotopic (exact) mass is 369 g/mol. The summed E-state index contributed by atoms with van der Waals surface area (Å²) in [6.45, 7) is 2.12. The van der Waals surface area contributed by atoms with Crippen molar-refractivity contribution in [2.45, 2.75) is 13.3 Å². The minimum Gasteiger partial charge on any atom is -0.493 e. The van der Waals surface area contributed by atoms with Crippen LogP contribution in [0.5, 0.6) is 23.0 Å². The molecule has 0 atom stereocenters. The number of ether oxygens (including phenoxy) is 4. The normalized spacial score (nSPS) is 10.6. The van der Waals surface area contributed by atoms with Crippen molar-refractivity contribution in [2.24, 2.45) is 0 Å². The lowest BCUT2D eigenvalue weighted by Crippen LogP contribution is -2.00. The van der Waals surface area contributed by atoms with Crippen molar-refractivity contribution >= 4 is 0 Å². The Kier molecular flexibility index (Phi) is 5.54. The van der Waals surface area contributed by atoms with E-state index in [2.05, 4.69) is 24.2 Å². The zero-order chi connectivity index (χ0) is 19.4. The standard InChI is InChI=1S/C21H23NO5/c1-6-13-7-9-14(10-8-13)18-16(12-27-22-18)15-11-17(23-2)20(25-4)21(26-5)19(15)24-3/h7-12H,6H2,1-5H3. The summed E-state index contributed by atoms with van der Waals surface area (Å²) in [6.07, 6.45) is 2.57. The SMILES string of the molecule is CCc1ccc(-c2nocc2-c2cc(OC)c(OC)c(OC)c2OC)cc1. The molecule has 0 amide bonds. The van der Waals surface area contributed by atoms with Crippen molar-refractivity contribution in [3.63, 3.8) is 0 Å². The lowest BCUT2D eigenvalue weighted by molar-refractivity contribution is 0.306. The van der Waals surface area contributed by atoms with Gasteiger partial charge >= 0.3 is 0 Å². The minimum absolute atomic E-state index is 0.447. The molecule has 0 radical (unpaired) electrons. The average molecular weight is 369 g/mol. The number of benzene rings is 2. The summed E-state index contributed by atoms with van der Waals surface area (Å²) in [5, 5.41) is 4.20. The fourth-order valence-corrected chi connectivity index (χ4v) is 3.07. The van der Waals surface area contributed by atoms with E-state index in [1.165, 1.54) is 5.56 Å². The minimum atomic E-state index is 0.447. The van der Waals surface area contributed by atoms with Crippen molar-refractivity contribution < 1.29 is 23.5 Å². The topological polar surface area (TPSA) is 63.0 Å². The quantitative estimate of drug-likeness (QED) is 0.606. The van der Waals surface area contributed by atoms with Gasteiger partial charge in [-0.1, -0.05) is 36.3 Å². The van der Waals surface area contributed by atoms with Crippen LogP contribution in [0.4, 0.5) is 0 Å². The zero-order valence-electron chi connectivity index (χ0n) is 16.2. The maximum Gasteiger partial charge on any atom is 0.207 e. The van der Waals surface area contributed by atoms with Crippen LogP contribution in [0.2, 0.25) is 0 Å². The summed E-state index contributed by atoms with van der Waals surface area (Å²) in [5.74, 6) is 1.96. The van der Waals surface area contributed by atoms with Gasteiger partial charge in [0.2, 0.25) is 11.5 Å². The highest BCUT2D eigenvalue weighted by Crippen LogP contribution is 2.51. The molecule has 142 valence electrons. The molecule has 27 heavy (non-hydrogen) atoms. The number of hydrogen-bond donors (Lipinski definition) is 0. The molecular weight excluding hydrogens is 346 g/mol. The molecule has 0 aliphatic rings. The number of aromatic nitrogens is 1. The van der Waals surface area contributed by atoms with Gasteiger partial charge < -0.3 is 23.5 Å². The second-order valence-electron chi connectivity index (χ2n) is 5.85. The van der Waals surface area contributed by atoms with Crippen LogP contribution in [-0.4, -0.2) is 33.6 Å². The molecule has 0 spiro atoms. The molecule has 0 N–H and O–H groups in total. The first-order chi connectivity index (χ1) is 13.2. The molecule has 0 unspecified atom stereocenters. The third-order valence-electron chi connectivity index (χ3n) is 4.48. The van der Waals surface area contributed by atoms with E-state index in [0.29, 0.717) is 28.7 Å². The highest BCUT2D eigenvalue weighted by molar-refractivity contribution is 5.87. The van der Waals surface area contributed by atoms with Crippen molar-refractivity contribution in [1.82, 2.24) is 5.16 Å². The Labute approximate surface area is 158 Å². The van der Waals surface area contributed by atoms with Crippen LogP contribution in [-0.2, 0) is 6.42 Å². The summed E-state index contributed by atoms with van der Waals surface area (Å²) < 4.78 is 27.4. The molecule has 0 saturated heterocycles. The van der Waals surface area contributed by atoms with Crippen LogP contribution in [0, 0.1) is 0 Å². The molecule has 0 bridgehead atoms. The Morgan fingerprint density at radius 2 is 1.48 bits per heavy atom. The highest BCUT2D eigenvalue weighted by Gasteiger charge is 2.25. The van der Waals surface area contributed by atoms with Crippen molar-refractivity contribution in [1.29, 1.82) is 0 Å². The van der Waals surface area contributed by atoms with E-state index in [9.17, 15) is 0 Å². The number of nitrogens with zero attached hydrogens (tertiary/aromatic N) is 1. The van der Waals surface area contributed by atoms with Gasteiger partial charge in [0, 0.05) is 11.1 Å². The molecule has 0 aliphatic carbocycles. The maximum atomic E-state index is 5.63. The predicted octanol–water partition coefficient (Wildman–Crippen LogP) is 4.61. The van der Waals surface area contributed by atoms with E-state index in [4.69, 9.17) is 23.5 Å². The maximum absolute atomic E-state index is 5.63. The van der Waals surface area contributed by atoms with Crippen molar-refractivity contribution in [2.75, 3.05) is 28.4 Å². The third-order valence-corrected chi connectivity index (χ3v) is 4.48. The molecule has 6 heteroatoms. The number of aryl methyl sites for hydroxylation is 1. The summed E-state index contributed by atoms with van der Waals surface area (Å²) >= 11 is 0. The smallest absolute Gasteiger partial charge is 0.207 e. The van der Waals surface area contributed by atoms with Crippen LogP contribution >= 0.6 is 0 Å². The van der Waals surface area contributed by atoms with E-state index in [0.717, 1.165) is 23.1 Å². The Bertz CT molecular complexity index is 915. The van der Waals surface area contributed by atoms with Gasteiger partial charge in [-0.05, 0) is 18.1 Å². The van der Waals surface area contributed by atoms with Gasteiger partial charge in [0.25, 0.3) is 0 Å². The Morgan fingerprint density at radius 3 is 2.04 bits per heavy atom. The summed E-state index contributed by atoms with van der Waals surface area (Å²) in [4.78, 5) is 0. The first-order valence-corrected chi connectivity index (χ1v) is 8.59. The second kappa shape index (κ2) is 8.03. The molecule has 1 heterocycles. The fourth-order valence-electron chi connectivity index (χ4n) is 3.07. The summed E-state index contributed by atoms with van der Waals surface area (Å²) in [6, 6.07) is 10.1. The van der Waals surface area contributed by atoms with Crippen LogP contribution in [0.3, 0.4) is 0 Å². The largest absolute Gasteiger partial charge is 0.493 e. The summed E-state index contributed by atoms with van der Waals surface area (Å²) in [7, 11) is 6.27. The van der Waals surface area contributed by atoms with Crippen LogP contribution < -0.4 is 18.9 Å². The molecule has 6 nitrogen and oxygen atoms in total. The van der Waals surface area contributed by atoms with Gasteiger partial charge in [-0.2, -0.15) is 0 Å². The molecule has 0 saturated carbocycles. The number of hydrogen-bond acceptors (Lipinski definition) is 6. The first kappa shape index (κ1) is 18.6. The molecule has 0 aliphatic heterocycles. The van der Waals surface area contributed by atoms with Gasteiger partial charge in [-0.15, -0.1) is 0 Å². The van der Waals surface area contributed by atoms with E-state index in [1.54, 1.807) is 34.7 Å². The fraction of sp³-hybridized carbons (Fsp3) is 0.286. The van der Waals surface area contributed by atoms with E-state index >= 15 is 0 Å². The Balaban J connectivity index is 2.21. The van der Waals surface area contributed by atoms with E-state index in [1.807, 2.05) is 18.2 Å². The molecule has 3 rings (SSSR count). The van der Waals surface area contributed by atoms with Crippen molar-refractivity contribution in [3.8, 4) is 45.4 Å². The number of rotatable bonds is 7. The second-order valence-corrected chi connectivity index (χ2v) is 5.85. The molecule has 0 fully saturated rings. The van der Waals surface area contributed by atoms with Crippen LogP contribution in [0.25, 0.3) is 22.4 Å². The van der Waals surface area contributed by atoms with Gasteiger partial charge in [-0.3, -0.25) is 0 Å². The average Bonchev–Trinajstić information content (AvgIpc) is 3.21. The first-order valence-electron chi connectivity index (χ1n) is 8.59. The lowest BCUT2D eigenvalue weighted by Gasteiger charge is -2.18. The molecule has 3 aromatic rings. The lowest BCUT2D eigenvalue weighted by atomic mass is 9.99. The van der Waals surface area contributed by atoms with Gasteiger partial charge in [0.1, 0.15) is 12.0 Å². The molecular formula is C21H23NO5.